The lowest BCUT2D eigenvalue weighted by molar-refractivity contribution is 0.0517. The van der Waals surface area contributed by atoms with E-state index >= 15 is 0 Å². The third kappa shape index (κ3) is 3.45. The van der Waals surface area contributed by atoms with Crippen molar-refractivity contribution in [1.82, 2.24) is 14.7 Å². The molecule has 6 nitrogen and oxygen atoms in total. The maximum Gasteiger partial charge on any atom is 0.287 e. The molecule has 3 rings (SSSR count). The van der Waals surface area contributed by atoms with Crippen molar-refractivity contribution in [2.75, 3.05) is 50.8 Å². The van der Waals surface area contributed by atoms with Crippen molar-refractivity contribution >= 4 is 17.3 Å². The quantitative estimate of drug-likeness (QED) is 0.829. The standard InChI is InChI=1S/C15H23ClN4O2/c1-18-15(21)14(16)13(10-17-18)20-6-4-19(5-7-20)11-12-2-8-22-9-3-12/h10,12H,2-9,11H2,1H3. The zero-order chi connectivity index (χ0) is 15.5. The van der Waals surface area contributed by atoms with Gasteiger partial charge in [-0.1, -0.05) is 11.6 Å². The molecule has 0 unspecified atom stereocenters. The predicted molar refractivity (Wildman–Crippen MR) is 86.7 cm³/mol. The Morgan fingerprint density at radius 3 is 2.64 bits per heavy atom. The van der Waals surface area contributed by atoms with Gasteiger partial charge in [0.1, 0.15) is 5.02 Å². The van der Waals surface area contributed by atoms with Gasteiger partial charge in [0.15, 0.2) is 0 Å². The summed E-state index contributed by atoms with van der Waals surface area (Å²) in [5.41, 5.74) is 0.527. The molecule has 0 aromatic carbocycles. The molecule has 1 aromatic heterocycles. The number of aryl methyl sites for hydroxylation is 1. The highest BCUT2D eigenvalue weighted by Crippen LogP contribution is 2.23. The number of nitrogens with zero attached hydrogens (tertiary/aromatic N) is 4. The zero-order valence-corrected chi connectivity index (χ0v) is 13.8. The number of anilines is 1. The Labute approximate surface area is 135 Å². The highest BCUT2D eigenvalue weighted by atomic mass is 35.5. The molecule has 122 valence electrons. The summed E-state index contributed by atoms with van der Waals surface area (Å²) in [5.74, 6) is 0.759. The fourth-order valence-corrected chi connectivity index (χ4v) is 3.48. The van der Waals surface area contributed by atoms with Gasteiger partial charge in [-0.2, -0.15) is 5.10 Å². The summed E-state index contributed by atoms with van der Waals surface area (Å²) in [6.45, 7) is 6.74. The monoisotopic (exact) mass is 326 g/mol. The van der Waals surface area contributed by atoms with E-state index in [9.17, 15) is 4.79 Å². The minimum absolute atomic E-state index is 0.233. The molecule has 0 aliphatic carbocycles. The molecular formula is C15H23ClN4O2. The molecule has 2 aliphatic heterocycles. The molecule has 0 N–H and O–H groups in total. The van der Waals surface area contributed by atoms with Gasteiger partial charge in [0, 0.05) is 53.0 Å². The van der Waals surface area contributed by atoms with Crippen LogP contribution in [-0.2, 0) is 11.8 Å². The van der Waals surface area contributed by atoms with Crippen LogP contribution in [0.2, 0.25) is 5.02 Å². The number of hydrogen-bond acceptors (Lipinski definition) is 5. The molecule has 0 bridgehead atoms. The van der Waals surface area contributed by atoms with Gasteiger partial charge in [0.05, 0.1) is 11.9 Å². The second-order valence-corrected chi connectivity index (χ2v) is 6.49. The van der Waals surface area contributed by atoms with E-state index in [1.165, 1.54) is 17.5 Å². The van der Waals surface area contributed by atoms with Gasteiger partial charge in [-0.05, 0) is 18.8 Å². The lowest BCUT2D eigenvalue weighted by Gasteiger charge is -2.38. The lowest BCUT2D eigenvalue weighted by Crippen LogP contribution is -2.48. The molecule has 7 heteroatoms. The van der Waals surface area contributed by atoms with Gasteiger partial charge in [0.2, 0.25) is 0 Å². The fraction of sp³-hybridized carbons (Fsp3) is 0.733. The van der Waals surface area contributed by atoms with Crippen LogP contribution in [-0.4, -0.2) is 60.6 Å². The van der Waals surface area contributed by atoms with Crippen LogP contribution in [0.3, 0.4) is 0 Å². The largest absolute Gasteiger partial charge is 0.381 e. The van der Waals surface area contributed by atoms with Crippen molar-refractivity contribution in [3.63, 3.8) is 0 Å². The van der Waals surface area contributed by atoms with Crippen LogP contribution >= 0.6 is 11.6 Å². The average molecular weight is 327 g/mol. The summed E-state index contributed by atoms with van der Waals surface area (Å²) in [4.78, 5) is 16.6. The van der Waals surface area contributed by atoms with Crippen LogP contribution in [0.1, 0.15) is 12.8 Å². The third-order valence-corrected chi connectivity index (χ3v) is 4.99. The van der Waals surface area contributed by atoms with Crippen LogP contribution in [0.4, 0.5) is 5.69 Å². The Bertz CT molecular complexity index is 563. The number of hydrogen-bond donors (Lipinski definition) is 0. The molecule has 2 fully saturated rings. The van der Waals surface area contributed by atoms with Gasteiger partial charge in [-0.3, -0.25) is 9.69 Å². The van der Waals surface area contributed by atoms with Crippen molar-refractivity contribution < 1.29 is 4.74 Å². The summed E-state index contributed by atoms with van der Waals surface area (Å²) in [5, 5.41) is 4.35. The second-order valence-electron chi connectivity index (χ2n) is 6.12. The zero-order valence-electron chi connectivity index (χ0n) is 13.0. The molecule has 0 radical (unpaired) electrons. The number of aromatic nitrogens is 2. The van der Waals surface area contributed by atoms with E-state index in [4.69, 9.17) is 16.3 Å². The minimum Gasteiger partial charge on any atom is -0.381 e. The lowest BCUT2D eigenvalue weighted by atomic mass is 9.99. The van der Waals surface area contributed by atoms with Gasteiger partial charge in [0.25, 0.3) is 5.56 Å². The predicted octanol–water partition coefficient (Wildman–Crippen LogP) is 0.982. The van der Waals surface area contributed by atoms with E-state index in [0.717, 1.165) is 57.5 Å². The van der Waals surface area contributed by atoms with Crippen LogP contribution in [0, 0.1) is 5.92 Å². The summed E-state index contributed by atoms with van der Waals surface area (Å²) in [7, 11) is 1.61. The van der Waals surface area contributed by atoms with E-state index in [0.29, 0.717) is 0 Å². The first kappa shape index (κ1) is 15.8. The normalized spacial score (nSPS) is 21.3. The van der Waals surface area contributed by atoms with Crippen LogP contribution < -0.4 is 10.5 Å². The molecule has 2 aliphatic rings. The Balaban J connectivity index is 1.57. The van der Waals surface area contributed by atoms with Gasteiger partial charge >= 0.3 is 0 Å². The van der Waals surface area contributed by atoms with Crippen LogP contribution in [0.15, 0.2) is 11.0 Å². The summed E-state index contributed by atoms with van der Waals surface area (Å²) in [6.07, 6.45) is 4.03. The second kappa shape index (κ2) is 6.98. The summed E-state index contributed by atoms with van der Waals surface area (Å²) < 4.78 is 6.69. The number of halogens is 1. The van der Waals surface area contributed by atoms with E-state index < -0.39 is 0 Å². The molecule has 0 saturated carbocycles. The van der Waals surface area contributed by atoms with Crippen molar-refractivity contribution in [2.45, 2.75) is 12.8 Å². The molecule has 2 saturated heterocycles. The van der Waals surface area contributed by atoms with Crippen molar-refractivity contribution in [2.24, 2.45) is 13.0 Å². The first-order valence-corrected chi connectivity index (χ1v) is 8.30. The van der Waals surface area contributed by atoms with E-state index in [-0.39, 0.29) is 10.6 Å². The Kier molecular flexibility index (Phi) is 5.00. The van der Waals surface area contributed by atoms with Crippen LogP contribution in [0.25, 0.3) is 0 Å². The summed E-state index contributed by atoms with van der Waals surface area (Å²) >= 11 is 6.18. The highest BCUT2D eigenvalue weighted by Gasteiger charge is 2.23. The summed E-state index contributed by atoms with van der Waals surface area (Å²) in [6, 6.07) is 0. The SMILES string of the molecule is Cn1ncc(N2CCN(CC3CCOCC3)CC2)c(Cl)c1=O. The molecule has 0 atom stereocenters. The molecule has 22 heavy (non-hydrogen) atoms. The van der Waals surface area contributed by atoms with Crippen molar-refractivity contribution in [3.8, 4) is 0 Å². The Hall–Kier alpha value is -1.11. The Morgan fingerprint density at radius 2 is 1.95 bits per heavy atom. The van der Waals surface area contributed by atoms with Gasteiger partial charge in [-0.25, -0.2) is 4.68 Å². The van der Waals surface area contributed by atoms with Gasteiger partial charge in [-0.15, -0.1) is 0 Å². The first-order chi connectivity index (χ1) is 10.6. The van der Waals surface area contributed by atoms with E-state index in [2.05, 4.69) is 14.9 Å². The molecule has 1 aromatic rings. The molecule has 0 spiro atoms. The van der Waals surface area contributed by atoms with Crippen LogP contribution in [0.5, 0.6) is 0 Å². The maximum absolute atomic E-state index is 11.9. The smallest absolute Gasteiger partial charge is 0.287 e. The number of ether oxygens (including phenoxy) is 1. The van der Waals surface area contributed by atoms with E-state index in [1.807, 2.05) is 0 Å². The minimum atomic E-state index is -0.233. The highest BCUT2D eigenvalue weighted by molar-refractivity contribution is 6.33. The molecular weight excluding hydrogens is 304 g/mol. The number of rotatable bonds is 3. The molecule has 3 heterocycles. The maximum atomic E-state index is 11.9. The third-order valence-electron chi connectivity index (χ3n) is 4.63. The molecule has 0 amide bonds. The fourth-order valence-electron chi connectivity index (χ4n) is 3.19. The number of piperazine rings is 1. The van der Waals surface area contributed by atoms with Crippen molar-refractivity contribution in [3.05, 3.63) is 21.6 Å². The Morgan fingerprint density at radius 1 is 1.27 bits per heavy atom. The first-order valence-electron chi connectivity index (χ1n) is 7.92. The topological polar surface area (TPSA) is 50.6 Å². The van der Waals surface area contributed by atoms with Crippen molar-refractivity contribution in [1.29, 1.82) is 0 Å². The van der Waals surface area contributed by atoms with Gasteiger partial charge < -0.3 is 9.64 Å². The van der Waals surface area contributed by atoms with E-state index in [1.54, 1.807) is 13.2 Å². The average Bonchev–Trinajstić information content (AvgIpc) is 2.55.